The third-order valence-electron chi connectivity index (χ3n) is 9.05. The Morgan fingerprint density at radius 1 is 0.358 bits per heavy atom. The van der Waals surface area contributed by atoms with E-state index >= 15 is 0 Å². The molecular formula is C42H44N2O5P2S2+2. The van der Waals surface area contributed by atoms with E-state index in [1.54, 1.807) is 0 Å². The largest absolute Gasteiger partial charge is 0.379 e. The monoisotopic (exact) mass is 782 g/mol. The van der Waals surface area contributed by atoms with E-state index in [1.165, 1.54) is 0 Å². The fraction of sp³-hybridized carbons (Fsp3) is 0.143. The maximum Gasteiger partial charge on any atom is 0.247 e. The number of sulfonamides is 2. The van der Waals surface area contributed by atoms with Crippen LogP contribution in [0.25, 0.3) is 0 Å². The highest BCUT2D eigenvalue weighted by atomic mass is 32.2. The van der Waals surface area contributed by atoms with E-state index in [0.717, 1.165) is 31.8 Å². The molecule has 0 spiro atoms. The molecule has 0 atom stereocenters. The molecule has 7 nitrogen and oxygen atoms in total. The predicted octanol–water partition coefficient (Wildman–Crippen LogP) is 4.75. The van der Waals surface area contributed by atoms with Crippen molar-refractivity contribution in [1.29, 1.82) is 0 Å². The first-order valence-corrected chi connectivity index (χ1v) is 24.6. The first kappa shape index (κ1) is 38.7. The van der Waals surface area contributed by atoms with Gasteiger partial charge in [0, 0.05) is 13.1 Å². The van der Waals surface area contributed by atoms with E-state index in [9.17, 15) is 16.8 Å². The van der Waals surface area contributed by atoms with E-state index < -0.39 is 34.6 Å². The second-order valence-electron chi connectivity index (χ2n) is 12.5. The summed E-state index contributed by atoms with van der Waals surface area (Å²) in [6.45, 7) is 0.281. The minimum Gasteiger partial charge on any atom is -0.379 e. The lowest BCUT2D eigenvalue weighted by Gasteiger charge is -2.27. The van der Waals surface area contributed by atoms with Crippen LogP contribution in [0.4, 0.5) is 0 Å². The van der Waals surface area contributed by atoms with Gasteiger partial charge in [0.2, 0.25) is 20.0 Å². The van der Waals surface area contributed by atoms with Gasteiger partial charge < -0.3 is 4.74 Å². The van der Waals surface area contributed by atoms with Gasteiger partial charge in [-0.25, -0.2) is 26.3 Å². The molecule has 0 fully saturated rings. The van der Waals surface area contributed by atoms with E-state index in [4.69, 9.17) is 4.74 Å². The summed E-state index contributed by atoms with van der Waals surface area (Å²) in [6.07, 6.45) is 0. The zero-order valence-corrected chi connectivity index (χ0v) is 32.7. The fourth-order valence-electron chi connectivity index (χ4n) is 6.68. The van der Waals surface area contributed by atoms with Gasteiger partial charge in [-0.2, -0.15) is 0 Å². The molecule has 0 heterocycles. The molecule has 0 aliphatic heterocycles. The molecule has 0 aliphatic carbocycles. The summed E-state index contributed by atoms with van der Waals surface area (Å²) in [4.78, 5) is 0. The van der Waals surface area contributed by atoms with Crippen LogP contribution in [-0.4, -0.2) is 54.1 Å². The molecule has 0 bridgehead atoms. The molecule has 6 aromatic rings. The lowest BCUT2D eigenvalue weighted by molar-refractivity contribution is 0.144. The molecule has 0 radical (unpaired) electrons. The van der Waals surface area contributed by atoms with Gasteiger partial charge in [0.05, 0.1) is 13.2 Å². The molecule has 6 rings (SSSR count). The number of hydrogen-bond acceptors (Lipinski definition) is 5. The van der Waals surface area contributed by atoms with Crippen LogP contribution in [0.5, 0.6) is 0 Å². The summed E-state index contributed by atoms with van der Waals surface area (Å²) < 4.78 is 66.6. The molecule has 0 saturated carbocycles. The number of rotatable bonds is 18. The van der Waals surface area contributed by atoms with Crippen molar-refractivity contribution in [1.82, 2.24) is 9.44 Å². The maximum absolute atomic E-state index is 13.8. The Labute approximate surface area is 315 Å². The lowest BCUT2D eigenvalue weighted by atomic mass is 10.4. The SMILES string of the molecule is O=S(=O)(C[P+](c1ccccc1)(c1ccccc1)c1ccccc1)NCCOCCNS(=O)(=O)C[P+](c1ccccc1)(c1ccccc1)c1ccccc1. The highest BCUT2D eigenvalue weighted by Gasteiger charge is 2.50. The van der Waals surface area contributed by atoms with E-state index in [0.29, 0.717) is 0 Å². The van der Waals surface area contributed by atoms with Gasteiger partial charge in [0.1, 0.15) is 46.4 Å². The van der Waals surface area contributed by atoms with Gasteiger partial charge in [-0.1, -0.05) is 109 Å². The van der Waals surface area contributed by atoms with Gasteiger partial charge in [-0.15, -0.1) is 0 Å². The maximum atomic E-state index is 13.8. The first-order valence-electron chi connectivity index (χ1n) is 17.4. The Morgan fingerprint density at radius 2 is 0.566 bits per heavy atom. The molecule has 0 saturated heterocycles. The molecule has 2 N–H and O–H groups in total. The van der Waals surface area contributed by atoms with Crippen LogP contribution < -0.4 is 41.3 Å². The molecule has 0 aliphatic rings. The predicted molar refractivity (Wildman–Crippen MR) is 225 cm³/mol. The zero-order valence-electron chi connectivity index (χ0n) is 29.3. The van der Waals surface area contributed by atoms with Gasteiger partial charge in [0.25, 0.3) is 0 Å². The number of ether oxygens (including phenoxy) is 1. The quantitative estimate of drug-likeness (QED) is 0.0970. The zero-order chi connectivity index (χ0) is 37.0. The second kappa shape index (κ2) is 17.9. The number of hydrogen-bond donors (Lipinski definition) is 2. The normalized spacial score (nSPS) is 12.4. The molecule has 53 heavy (non-hydrogen) atoms. The number of nitrogens with one attached hydrogen (secondary N) is 2. The summed E-state index contributed by atoms with van der Waals surface area (Å²) in [6, 6.07) is 59.2. The molecule has 11 heteroatoms. The number of benzene rings is 6. The van der Waals surface area contributed by atoms with Crippen molar-refractivity contribution >= 4 is 66.4 Å². The van der Waals surface area contributed by atoms with Gasteiger partial charge >= 0.3 is 0 Å². The van der Waals surface area contributed by atoms with Gasteiger partial charge in [0.15, 0.2) is 11.0 Å². The first-order chi connectivity index (χ1) is 25.8. The van der Waals surface area contributed by atoms with Gasteiger partial charge in [-0.05, 0) is 72.8 Å². The third-order valence-corrected chi connectivity index (χ3v) is 23.2. The van der Waals surface area contributed by atoms with Crippen molar-refractivity contribution in [2.24, 2.45) is 0 Å². The summed E-state index contributed by atoms with van der Waals surface area (Å²) in [7, 11) is -12.8. The van der Waals surface area contributed by atoms with Crippen molar-refractivity contribution in [3.8, 4) is 0 Å². The Hall–Kier alpha value is -4.04. The van der Waals surface area contributed by atoms with Crippen molar-refractivity contribution in [3.63, 3.8) is 0 Å². The van der Waals surface area contributed by atoms with Crippen molar-refractivity contribution < 1.29 is 21.6 Å². The summed E-state index contributed by atoms with van der Waals surface area (Å²) in [5.41, 5.74) is -0.208. The van der Waals surface area contributed by atoms with Crippen LogP contribution in [0.1, 0.15) is 0 Å². The van der Waals surface area contributed by atoms with E-state index in [-0.39, 0.29) is 37.3 Å². The van der Waals surface area contributed by atoms with Crippen LogP contribution in [0.2, 0.25) is 0 Å². The molecular weight excluding hydrogens is 739 g/mol. The van der Waals surface area contributed by atoms with Crippen molar-refractivity contribution in [3.05, 3.63) is 182 Å². The highest BCUT2D eigenvalue weighted by Crippen LogP contribution is 2.57. The van der Waals surface area contributed by atoms with Crippen LogP contribution in [-0.2, 0) is 24.8 Å². The minimum atomic E-state index is -3.79. The molecule has 0 amide bonds. The van der Waals surface area contributed by atoms with Crippen LogP contribution in [0, 0.1) is 0 Å². The third kappa shape index (κ3) is 9.37. The average molecular weight is 783 g/mol. The van der Waals surface area contributed by atoms with Crippen LogP contribution in [0.3, 0.4) is 0 Å². The molecule has 6 aromatic carbocycles. The Bertz CT molecular complexity index is 1880. The topological polar surface area (TPSA) is 102 Å². The summed E-state index contributed by atoms with van der Waals surface area (Å²) in [5, 5.41) is 5.86. The van der Waals surface area contributed by atoms with E-state index in [1.807, 2.05) is 182 Å². The van der Waals surface area contributed by atoms with Crippen LogP contribution in [0.15, 0.2) is 182 Å². The van der Waals surface area contributed by atoms with E-state index in [2.05, 4.69) is 9.44 Å². The molecule has 272 valence electrons. The summed E-state index contributed by atoms with van der Waals surface area (Å²) in [5.74, 6) is 0. The highest BCUT2D eigenvalue weighted by molar-refractivity contribution is 8.09. The second-order valence-corrected chi connectivity index (χ2v) is 24.0. The van der Waals surface area contributed by atoms with Gasteiger partial charge in [-0.3, -0.25) is 0 Å². The standard InChI is InChI=1S/C42H44N2O5P2S2/c45-52(46,35-50(37-19-7-1-8-20-37,38-21-9-2-10-22-38)39-23-11-3-12-24-39)43-31-33-49-34-32-44-53(47,48)36-51(40-25-13-4-14-26-40,41-27-15-5-16-28-41)42-29-17-6-18-30-42/h1-30,43-44H,31-36H2/q+2. The Balaban J connectivity index is 1.11. The fourth-order valence-corrected chi connectivity index (χ4v) is 21.7. The average Bonchev–Trinajstić information content (AvgIpc) is 3.20. The Kier molecular flexibility index (Phi) is 13.0. The lowest BCUT2D eigenvalue weighted by Crippen LogP contribution is -2.40. The summed E-state index contributed by atoms with van der Waals surface area (Å²) >= 11 is 0. The smallest absolute Gasteiger partial charge is 0.247 e. The molecule has 0 aromatic heterocycles. The van der Waals surface area contributed by atoms with Crippen molar-refractivity contribution in [2.45, 2.75) is 0 Å². The molecule has 0 unspecified atom stereocenters. The van der Waals surface area contributed by atoms with Crippen molar-refractivity contribution in [2.75, 3.05) is 37.3 Å². The minimum absolute atomic E-state index is 0.0537. The Morgan fingerprint density at radius 3 is 0.774 bits per heavy atom. The van der Waals surface area contributed by atoms with Crippen LogP contribution >= 0.6 is 14.5 Å².